The summed E-state index contributed by atoms with van der Waals surface area (Å²) in [7, 11) is 0. The number of nitrogens with zero attached hydrogens (tertiary/aromatic N) is 1. The molecule has 1 N–H and O–H groups in total. The minimum Gasteiger partial charge on any atom is -0.313 e. The molecule has 0 amide bonds. The van der Waals surface area contributed by atoms with E-state index in [-0.39, 0.29) is 10.6 Å². The van der Waals surface area contributed by atoms with Crippen molar-refractivity contribution in [3.8, 4) is 0 Å². The van der Waals surface area contributed by atoms with Gasteiger partial charge in [-0.25, -0.2) is 0 Å². The van der Waals surface area contributed by atoms with E-state index < -0.39 is 0 Å². The second-order valence-electron chi connectivity index (χ2n) is 3.50. The van der Waals surface area contributed by atoms with Gasteiger partial charge in [-0.2, -0.15) is 0 Å². The molecule has 0 saturated carbocycles. The molecule has 4 nitrogen and oxygen atoms in total. The van der Waals surface area contributed by atoms with Gasteiger partial charge in [-0.1, -0.05) is 24.3 Å². The lowest BCUT2D eigenvalue weighted by atomic mass is 10.1. The molecular weight excluding hydrogens is 240 g/mol. The first kappa shape index (κ1) is 13.7. The molecule has 0 aliphatic heterocycles. The molecule has 17 heavy (non-hydrogen) atoms. The molecule has 1 aromatic carbocycles. The van der Waals surface area contributed by atoms with Gasteiger partial charge in [0.25, 0.3) is 5.69 Å². The lowest BCUT2D eigenvalue weighted by molar-refractivity contribution is -0.384. The summed E-state index contributed by atoms with van der Waals surface area (Å²) in [4.78, 5) is 10.1. The Kier molecular flexibility index (Phi) is 6.29. The molecule has 0 atom stereocenters. The minimum absolute atomic E-state index is 0.131. The molecule has 92 valence electrons. The number of nitro groups is 1. The zero-order chi connectivity index (χ0) is 12.5. The van der Waals surface area contributed by atoms with E-state index in [9.17, 15) is 10.1 Å². The molecule has 0 aromatic heterocycles. The highest BCUT2D eigenvalue weighted by Crippen LogP contribution is 2.11. The van der Waals surface area contributed by atoms with Gasteiger partial charge >= 0.3 is 0 Å². The zero-order valence-electron chi connectivity index (χ0n) is 9.43. The molecule has 0 heterocycles. The van der Waals surface area contributed by atoms with Crippen LogP contribution in [0.25, 0.3) is 0 Å². The Morgan fingerprint density at radius 3 is 2.59 bits per heavy atom. The highest BCUT2D eigenvalue weighted by molar-refractivity contribution is 6.18. The fraction of sp³-hybridized carbons (Fsp3) is 0.333. The van der Waals surface area contributed by atoms with Gasteiger partial charge in [-0.05, 0) is 18.5 Å². The van der Waals surface area contributed by atoms with Crippen LogP contribution in [-0.4, -0.2) is 23.9 Å². The summed E-state index contributed by atoms with van der Waals surface area (Å²) in [6, 6.07) is 6.63. The number of halogens is 1. The fourth-order valence-corrected chi connectivity index (χ4v) is 1.47. The van der Waals surface area contributed by atoms with Crippen molar-refractivity contribution in [2.24, 2.45) is 0 Å². The highest BCUT2D eigenvalue weighted by Gasteiger charge is 2.03. The average molecular weight is 255 g/mol. The van der Waals surface area contributed by atoms with Crippen LogP contribution in [-0.2, 0) is 6.42 Å². The van der Waals surface area contributed by atoms with Crippen LogP contribution < -0.4 is 5.32 Å². The van der Waals surface area contributed by atoms with E-state index in [1.807, 2.05) is 12.2 Å². The summed E-state index contributed by atoms with van der Waals surface area (Å²) >= 11 is 5.48. The van der Waals surface area contributed by atoms with Crippen LogP contribution in [0.4, 0.5) is 5.69 Å². The summed E-state index contributed by atoms with van der Waals surface area (Å²) in [6.07, 6.45) is 4.72. The van der Waals surface area contributed by atoms with Gasteiger partial charge in [0.1, 0.15) is 0 Å². The first-order valence-electron chi connectivity index (χ1n) is 5.39. The van der Waals surface area contributed by atoms with E-state index in [0.717, 1.165) is 25.1 Å². The molecule has 0 fully saturated rings. The predicted octanol–water partition coefficient (Wildman–Crippen LogP) is 2.52. The topological polar surface area (TPSA) is 55.2 Å². The van der Waals surface area contributed by atoms with Crippen LogP contribution in [0, 0.1) is 10.1 Å². The van der Waals surface area contributed by atoms with E-state index in [4.69, 9.17) is 11.6 Å². The first-order valence-corrected chi connectivity index (χ1v) is 5.92. The SMILES string of the molecule is O=[N+]([O-])c1ccc(CCNC/C=C/CCl)cc1. The van der Waals surface area contributed by atoms with Gasteiger partial charge in [-0.3, -0.25) is 10.1 Å². The maximum Gasteiger partial charge on any atom is 0.269 e. The van der Waals surface area contributed by atoms with E-state index in [0.29, 0.717) is 5.88 Å². The second-order valence-corrected chi connectivity index (χ2v) is 3.81. The average Bonchev–Trinajstić information content (AvgIpc) is 2.34. The Bertz CT molecular complexity index is 377. The molecule has 1 rings (SSSR count). The molecule has 0 spiro atoms. The second kappa shape index (κ2) is 7.81. The monoisotopic (exact) mass is 254 g/mol. The van der Waals surface area contributed by atoms with Crippen molar-refractivity contribution in [3.63, 3.8) is 0 Å². The summed E-state index contributed by atoms with van der Waals surface area (Å²) in [6.45, 7) is 1.63. The molecule has 0 saturated heterocycles. The number of alkyl halides is 1. The van der Waals surface area contributed by atoms with Crippen LogP contribution in [0.2, 0.25) is 0 Å². The van der Waals surface area contributed by atoms with Gasteiger partial charge in [0.05, 0.1) is 4.92 Å². The Balaban J connectivity index is 2.27. The summed E-state index contributed by atoms with van der Waals surface area (Å²) < 4.78 is 0. The number of nitrogens with one attached hydrogen (secondary N) is 1. The molecular formula is C12H15ClN2O2. The molecule has 5 heteroatoms. The third-order valence-electron chi connectivity index (χ3n) is 2.26. The number of rotatable bonds is 7. The minimum atomic E-state index is -0.390. The number of nitro benzene ring substituents is 1. The normalized spacial score (nSPS) is 10.9. The Labute approximate surface area is 105 Å². The van der Waals surface area contributed by atoms with Crippen molar-refractivity contribution in [3.05, 3.63) is 52.1 Å². The zero-order valence-corrected chi connectivity index (χ0v) is 10.2. The van der Waals surface area contributed by atoms with Crippen LogP contribution in [0.3, 0.4) is 0 Å². The Hall–Kier alpha value is -1.39. The van der Waals surface area contributed by atoms with Gasteiger partial charge in [0.15, 0.2) is 0 Å². The van der Waals surface area contributed by atoms with Crippen LogP contribution >= 0.6 is 11.6 Å². The molecule has 1 aromatic rings. The van der Waals surface area contributed by atoms with E-state index in [1.165, 1.54) is 12.1 Å². The van der Waals surface area contributed by atoms with Crippen molar-refractivity contribution in [2.45, 2.75) is 6.42 Å². The quantitative estimate of drug-likeness (QED) is 0.267. The fourth-order valence-electron chi connectivity index (χ4n) is 1.35. The van der Waals surface area contributed by atoms with E-state index in [1.54, 1.807) is 12.1 Å². The van der Waals surface area contributed by atoms with Crippen molar-refractivity contribution in [1.29, 1.82) is 0 Å². The maximum absolute atomic E-state index is 10.4. The number of hydrogen-bond acceptors (Lipinski definition) is 3. The molecule has 0 unspecified atom stereocenters. The largest absolute Gasteiger partial charge is 0.313 e. The molecule has 0 aliphatic rings. The molecule has 0 bridgehead atoms. The smallest absolute Gasteiger partial charge is 0.269 e. The van der Waals surface area contributed by atoms with E-state index >= 15 is 0 Å². The van der Waals surface area contributed by atoms with Crippen molar-refractivity contribution in [2.75, 3.05) is 19.0 Å². The third kappa shape index (κ3) is 5.47. The number of non-ortho nitro benzene ring substituents is 1. The standard InChI is InChI=1S/C12H15ClN2O2/c13-8-1-2-9-14-10-7-11-3-5-12(6-4-11)15(16)17/h1-6,14H,7-10H2/b2-1+. The van der Waals surface area contributed by atoms with Gasteiger partial charge in [-0.15, -0.1) is 11.6 Å². The van der Waals surface area contributed by atoms with Gasteiger partial charge in [0, 0.05) is 24.6 Å². The van der Waals surface area contributed by atoms with Gasteiger partial charge in [0.2, 0.25) is 0 Å². The van der Waals surface area contributed by atoms with Gasteiger partial charge < -0.3 is 5.32 Å². The molecule has 0 aliphatic carbocycles. The lowest BCUT2D eigenvalue weighted by Crippen LogP contribution is -2.16. The summed E-state index contributed by atoms with van der Waals surface area (Å²) in [5.74, 6) is 0.532. The number of hydrogen-bond donors (Lipinski definition) is 1. The summed E-state index contributed by atoms with van der Waals surface area (Å²) in [5, 5.41) is 13.7. The Morgan fingerprint density at radius 1 is 1.29 bits per heavy atom. The van der Waals surface area contributed by atoms with Crippen LogP contribution in [0.5, 0.6) is 0 Å². The van der Waals surface area contributed by atoms with Crippen LogP contribution in [0.15, 0.2) is 36.4 Å². The van der Waals surface area contributed by atoms with Crippen molar-refractivity contribution >= 4 is 17.3 Å². The lowest BCUT2D eigenvalue weighted by Gasteiger charge is -2.02. The predicted molar refractivity (Wildman–Crippen MR) is 69.5 cm³/mol. The van der Waals surface area contributed by atoms with Crippen LogP contribution in [0.1, 0.15) is 5.56 Å². The van der Waals surface area contributed by atoms with E-state index in [2.05, 4.69) is 5.32 Å². The highest BCUT2D eigenvalue weighted by atomic mass is 35.5. The third-order valence-corrected chi connectivity index (χ3v) is 2.43. The number of allylic oxidation sites excluding steroid dienone is 1. The first-order chi connectivity index (χ1) is 8.24. The number of benzene rings is 1. The molecule has 0 radical (unpaired) electrons. The Morgan fingerprint density at radius 2 is 2.00 bits per heavy atom. The summed E-state index contributed by atoms with van der Waals surface area (Å²) in [5.41, 5.74) is 1.22. The van der Waals surface area contributed by atoms with Crippen molar-refractivity contribution in [1.82, 2.24) is 5.32 Å². The van der Waals surface area contributed by atoms with Crippen molar-refractivity contribution < 1.29 is 4.92 Å². The maximum atomic E-state index is 10.4.